The maximum absolute atomic E-state index is 12.1. The number of halogens is 2. The molecule has 0 fully saturated rings. The number of rotatable bonds is 8. The van der Waals surface area contributed by atoms with E-state index >= 15 is 0 Å². The van der Waals surface area contributed by atoms with E-state index in [9.17, 15) is 14.4 Å². The Morgan fingerprint density at radius 1 is 0.778 bits per heavy atom. The lowest BCUT2D eigenvalue weighted by Crippen LogP contribution is -2.46. The zero-order chi connectivity index (χ0) is 19.8. The van der Waals surface area contributed by atoms with E-state index < -0.39 is 5.97 Å². The zero-order valence-electron chi connectivity index (χ0n) is 14.1. The number of carboxylic acid groups (broad SMARTS) is 1. The van der Waals surface area contributed by atoms with Gasteiger partial charge in [-0.2, -0.15) is 0 Å². The molecule has 0 radical (unpaired) electrons. The second-order valence-corrected chi connectivity index (χ2v) is 7.40. The molecule has 2 aromatic carbocycles. The zero-order valence-corrected chi connectivity index (χ0v) is 17.3. The first kappa shape index (κ1) is 21.1. The molecule has 0 heterocycles. The second-order valence-electron chi connectivity index (χ2n) is 5.56. The van der Waals surface area contributed by atoms with Gasteiger partial charge in [-0.05, 0) is 48.5 Å². The molecule has 0 aliphatic rings. The highest BCUT2D eigenvalue weighted by atomic mass is 79.9. The van der Waals surface area contributed by atoms with Crippen molar-refractivity contribution in [1.29, 1.82) is 0 Å². The van der Waals surface area contributed by atoms with E-state index in [1.807, 2.05) is 0 Å². The van der Waals surface area contributed by atoms with Gasteiger partial charge >= 0.3 is 5.97 Å². The molecule has 142 valence electrons. The summed E-state index contributed by atoms with van der Waals surface area (Å²) in [6.07, 6.45) is 0. The van der Waals surface area contributed by atoms with Gasteiger partial charge in [0.15, 0.2) is 0 Å². The molecule has 0 saturated heterocycles. The summed E-state index contributed by atoms with van der Waals surface area (Å²) in [5.74, 6) is -1.74. The van der Waals surface area contributed by atoms with Crippen LogP contribution in [0.25, 0.3) is 0 Å². The van der Waals surface area contributed by atoms with E-state index in [0.29, 0.717) is 11.1 Å². The molecule has 3 N–H and O–H groups in total. The highest BCUT2D eigenvalue weighted by molar-refractivity contribution is 9.10. The molecule has 0 saturated carbocycles. The van der Waals surface area contributed by atoms with E-state index in [4.69, 9.17) is 5.11 Å². The van der Waals surface area contributed by atoms with Crippen molar-refractivity contribution < 1.29 is 19.5 Å². The first-order chi connectivity index (χ1) is 12.8. The van der Waals surface area contributed by atoms with Crippen LogP contribution in [-0.4, -0.2) is 47.7 Å². The van der Waals surface area contributed by atoms with Crippen LogP contribution in [0, 0.1) is 0 Å². The molecule has 2 rings (SSSR count). The molecule has 7 nitrogen and oxygen atoms in total. The highest BCUT2D eigenvalue weighted by Crippen LogP contribution is 2.11. The van der Waals surface area contributed by atoms with Crippen molar-refractivity contribution in [3.8, 4) is 0 Å². The number of benzene rings is 2. The molecule has 2 amide bonds. The van der Waals surface area contributed by atoms with Crippen LogP contribution in [-0.2, 0) is 4.79 Å². The van der Waals surface area contributed by atoms with E-state index in [1.54, 1.807) is 48.5 Å². The molecule has 9 heteroatoms. The number of carbonyl (C=O) groups excluding carboxylic acids is 2. The van der Waals surface area contributed by atoms with Gasteiger partial charge < -0.3 is 15.7 Å². The molecule has 2 aromatic rings. The SMILES string of the molecule is O=C(O)CN(CNC(=O)c1ccc(Br)cc1)CNC(=O)c1ccc(Br)cc1. The number of hydrogen-bond donors (Lipinski definition) is 3. The molecule has 0 unspecified atom stereocenters. The molecule has 0 aliphatic heterocycles. The molecule has 0 bridgehead atoms. The van der Waals surface area contributed by atoms with Crippen LogP contribution < -0.4 is 10.6 Å². The van der Waals surface area contributed by atoms with Crippen molar-refractivity contribution >= 4 is 49.6 Å². The maximum Gasteiger partial charge on any atom is 0.317 e. The highest BCUT2D eigenvalue weighted by Gasteiger charge is 2.14. The normalized spacial score (nSPS) is 10.5. The van der Waals surface area contributed by atoms with E-state index in [1.165, 1.54) is 4.90 Å². The van der Waals surface area contributed by atoms with Crippen molar-refractivity contribution in [2.75, 3.05) is 19.9 Å². The Kier molecular flexibility index (Phi) is 7.96. The van der Waals surface area contributed by atoms with E-state index in [0.717, 1.165) is 8.95 Å². The predicted molar refractivity (Wildman–Crippen MR) is 107 cm³/mol. The van der Waals surface area contributed by atoms with Crippen molar-refractivity contribution in [2.24, 2.45) is 0 Å². The van der Waals surface area contributed by atoms with Crippen LogP contribution in [0.2, 0.25) is 0 Å². The fraction of sp³-hybridized carbons (Fsp3) is 0.167. The Bertz CT molecular complexity index is 749. The van der Waals surface area contributed by atoms with Gasteiger partial charge in [0.2, 0.25) is 0 Å². The number of aliphatic carboxylic acids is 1. The van der Waals surface area contributed by atoms with Crippen LogP contribution >= 0.6 is 31.9 Å². The number of nitrogens with zero attached hydrogens (tertiary/aromatic N) is 1. The Morgan fingerprint density at radius 2 is 1.15 bits per heavy atom. The van der Waals surface area contributed by atoms with Gasteiger partial charge in [0.25, 0.3) is 11.8 Å². The average molecular weight is 499 g/mol. The maximum atomic E-state index is 12.1. The lowest BCUT2D eigenvalue weighted by atomic mass is 10.2. The van der Waals surface area contributed by atoms with Gasteiger partial charge in [-0.25, -0.2) is 0 Å². The molecule has 0 aromatic heterocycles. The smallest absolute Gasteiger partial charge is 0.317 e. The van der Waals surface area contributed by atoms with Gasteiger partial charge in [-0.15, -0.1) is 0 Å². The third-order valence-electron chi connectivity index (χ3n) is 3.50. The monoisotopic (exact) mass is 497 g/mol. The van der Waals surface area contributed by atoms with Crippen molar-refractivity contribution in [3.63, 3.8) is 0 Å². The quantitative estimate of drug-likeness (QED) is 0.486. The number of amides is 2. The predicted octanol–water partition coefficient (Wildman–Crippen LogP) is 2.67. The van der Waals surface area contributed by atoms with Crippen LogP contribution in [0.5, 0.6) is 0 Å². The van der Waals surface area contributed by atoms with Gasteiger partial charge in [-0.3, -0.25) is 19.3 Å². The van der Waals surface area contributed by atoms with Gasteiger partial charge in [0.05, 0.1) is 19.9 Å². The topological polar surface area (TPSA) is 98.7 Å². The van der Waals surface area contributed by atoms with Crippen molar-refractivity contribution in [1.82, 2.24) is 15.5 Å². The Hall–Kier alpha value is -2.23. The molecule has 0 spiro atoms. The lowest BCUT2D eigenvalue weighted by Gasteiger charge is -2.21. The summed E-state index contributed by atoms with van der Waals surface area (Å²) in [5, 5.41) is 14.3. The van der Waals surface area contributed by atoms with E-state index in [2.05, 4.69) is 42.5 Å². The number of carbonyl (C=O) groups is 3. The minimum Gasteiger partial charge on any atom is -0.480 e. The van der Waals surface area contributed by atoms with E-state index in [-0.39, 0.29) is 31.7 Å². The van der Waals surface area contributed by atoms with Crippen molar-refractivity contribution in [2.45, 2.75) is 0 Å². The minimum atomic E-state index is -1.06. The lowest BCUT2D eigenvalue weighted by molar-refractivity contribution is -0.138. The Balaban J connectivity index is 1.91. The summed E-state index contributed by atoms with van der Waals surface area (Å²) in [6, 6.07) is 13.6. The van der Waals surface area contributed by atoms with Gasteiger partial charge in [-0.1, -0.05) is 31.9 Å². The second kappa shape index (κ2) is 10.2. The number of hydrogen-bond acceptors (Lipinski definition) is 4. The van der Waals surface area contributed by atoms with Crippen LogP contribution in [0.15, 0.2) is 57.5 Å². The summed E-state index contributed by atoms with van der Waals surface area (Å²) < 4.78 is 1.70. The van der Waals surface area contributed by atoms with Gasteiger partial charge in [0, 0.05) is 20.1 Å². The summed E-state index contributed by atoms with van der Waals surface area (Å²) in [7, 11) is 0. The Labute approximate surface area is 173 Å². The van der Waals surface area contributed by atoms with Crippen molar-refractivity contribution in [3.05, 3.63) is 68.6 Å². The molecule has 27 heavy (non-hydrogen) atoms. The average Bonchev–Trinajstić information content (AvgIpc) is 2.64. The number of nitrogens with one attached hydrogen (secondary N) is 2. The summed E-state index contributed by atoms with van der Waals surface area (Å²) in [4.78, 5) is 36.7. The summed E-state index contributed by atoms with van der Waals surface area (Å²) in [6.45, 7) is -0.384. The molecular formula is C18H17Br2N3O4. The number of carboxylic acids is 1. The fourth-order valence-corrected chi connectivity index (χ4v) is 2.66. The first-order valence-electron chi connectivity index (χ1n) is 7.87. The molecule has 0 atom stereocenters. The van der Waals surface area contributed by atoms with Crippen LogP contribution in [0.1, 0.15) is 20.7 Å². The molecule has 0 aliphatic carbocycles. The fourth-order valence-electron chi connectivity index (χ4n) is 2.13. The van der Waals surface area contributed by atoms with Crippen LogP contribution in [0.3, 0.4) is 0 Å². The third-order valence-corrected chi connectivity index (χ3v) is 4.56. The minimum absolute atomic E-state index is 0.0260. The first-order valence-corrected chi connectivity index (χ1v) is 9.45. The Morgan fingerprint density at radius 3 is 1.48 bits per heavy atom. The summed E-state index contributed by atoms with van der Waals surface area (Å²) in [5.41, 5.74) is 0.903. The molecular weight excluding hydrogens is 482 g/mol. The largest absolute Gasteiger partial charge is 0.480 e. The van der Waals surface area contributed by atoms with Crippen LogP contribution in [0.4, 0.5) is 0 Å². The third kappa shape index (κ3) is 7.12. The van der Waals surface area contributed by atoms with Gasteiger partial charge in [0.1, 0.15) is 0 Å². The summed E-state index contributed by atoms with van der Waals surface area (Å²) >= 11 is 6.59. The standard InChI is InChI=1S/C18H17Br2N3O4/c19-14-5-1-12(2-6-14)17(26)21-10-23(9-16(24)25)11-22-18(27)13-3-7-15(20)8-4-13/h1-8H,9-11H2,(H,21,26)(H,22,27)(H,24,25).